The van der Waals surface area contributed by atoms with Gasteiger partial charge in [0.2, 0.25) is 0 Å². The van der Waals surface area contributed by atoms with E-state index in [9.17, 15) is 24.3 Å². The predicted molar refractivity (Wildman–Crippen MR) is 148 cm³/mol. The molecule has 4 rings (SSSR count). The van der Waals surface area contributed by atoms with Crippen LogP contribution in [0.1, 0.15) is 56.9 Å². The smallest absolute Gasteiger partial charge is 0.498 e. The number of ketones is 1. The monoisotopic (exact) mass is 549 g/mol. The van der Waals surface area contributed by atoms with Crippen molar-refractivity contribution in [3.05, 3.63) is 54.2 Å². The highest BCUT2D eigenvalue weighted by molar-refractivity contribution is 6.51. The summed E-state index contributed by atoms with van der Waals surface area (Å²) in [5.41, 5.74) is 1.53. The standard InChI is InChI=1S/C29H36BN3O7/c1-17(2)15-20(30-39-28(37)23-13-14-24(33(23)4)29(38)40-30)16-25(35)26(18(3)34)32-27(36)22-12-8-11-21(31-22)19-9-6-5-7-10-19/h5-12,17-18,20,23-24,26,34H,13-16H2,1-4H3,(H,32,36)/t18-,20-,23-,24-,26+/m1/s1. The van der Waals surface area contributed by atoms with E-state index in [0.717, 1.165) is 5.56 Å². The molecular weight excluding hydrogens is 513 g/mol. The average Bonchev–Trinajstić information content (AvgIpc) is 3.34. The molecule has 212 valence electrons. The number of Topliss-reactive ketones (excluding diaryl/α,β-unsaturated/α-hetero) is 1. The second-order valence-electron chi connectivity index (χ2n) is 11.0. The van der Waals surface area contributed by atoms with Crippen LogP contribution in [0.25, 0.3) is 11.3 Å². The van der Waals surface area contributed by atoms with Gasteiger partial charge in [-0.05, 0) is 51.3 Å². The van der Waals surface area contributed by atoms with Crippen LogP contribution in [0.3, 0.4) is 0 Å². The maximum absolute atomic E-state index is 13.5. The summed E-state index contributed by atoms with van der Waals surface area (Å²) in [5, 5.41) is 13.1. The van der Waals surface area contributed by atoms with Crippen molar-refractivity contribution in [1.29, 1.82) is 0 Å². The number of aromatic nitrogens is 1. The molecule has 40 heavy (non-hydrogen) atoms. The number of rotatable bonds is 10. The lowest BCUT2D eigenvalue weighted by atomic mass is 9.64. The van der Waals surface area contributed by atoms with Crippen LogP contribution < -0.4 is 5.32 Å². The van der Waals surface area contributed by atoms with Crippen molar-refractivity contribution < 1.29 is 33.6 Å². The molecule has 3 heterocycles. The van der Waals surface area contributed by atoms with Crippen molar-refractivity contribution >= 4 is 30.7 Å². The number of carbonyl (C=O) groups excluding carboxylic acids is 4. The molecule has 1 aromatic heterocycles. The van der Waals surface area contributed by atoms with Crippen LogP contribution in [0.4, 0.5) is 0 Å². The van der Waals surface area contributed by atoms with E-state index in [1.165, 1.54) is 13.0 Å². The average molecular weight is 549 g/mol. The third-order valence-electron chi connectivity index (χ3n) is 7.50. The van der Waals surface area contributed by atoms with E-state index in [2.05, 4.69) is 10.3 Å². The molecular formula is C29H36BN3O7. The van der Waals surface area contributed by atoms with Crippen LogP contribution in [0.15, 0.2) is 48.5 Å². The van der Waals surface area contributed by atoms with Crippen LogP contribution >= 0.6 is 0 Å². The number of hydrogen-bond acceptors (Lipinski definition) is 9. The molecule has 1 aromatic carbocycles. The van der Waals surface area contributed by atoms with E-state index in [1.807, 2.05) is 44.2 Å². The molecule has 0 spiro atoms. The molecule has 11 heteroatoms. The van der Waals surface area contributed by atoms with Crippen molar-refractivity contribution in [2.45, 2.75) is 76.5 Å². The molecule has 5 atom stereocenters. The molecule has 2 N–H and O–H groups in total. The number of hydrogen-bond donors (Lipinski definition) is 2. The number of benzene rings is 1. The zero-order chi connectivity index (χ0) is 29.0. The Morgan fingerprint density at radius 1 is 1.02 bits per heavy atom. The molecule has 2 aromatic rings. The number of fused-ring (bicyclic) bond motifs is 2. The van der Waals surface area contributed by atoms with Gasteiger partial charge in [-0.1, -0.05) is 50.2 Å². The Balaban J connectivity index is 1.50. The topological polar surface area (TPSA) is 135 Å². The van der Waals surface area contributed by atoms with E-state index in [-0.39, 0.29) is 18.0 Å². The van der Waals surface area contributed by atoms with Gasteiger partial charge in [0.25, 0.3) is 5.91 Å². The first-order valence-electron chi connectivity index (χ1n) is 13.7. The number of carbonyl (C=O) groups is 4. The van der Waals surface area contributed by atoms with Crippen molar-refractivity contribution in [2.24, 2.45) is 5.92 Å². The normalized spacial score (nSPS) is 21.6. The zero-order valence-corrected chi connectivity index (χ0v) is 23.3. The predicted octanol–water partition coefficient (Wildman–Crippen LogP) is 2.65. The van der Waals surface area contributed by atoms with Gasteiger partial charge >= 0.3 is 19.1 Å². The third-order valence-corrected chi connectivity index (χ3v) is 7.50. The molecule has 2 aliphatic heterocycles. The number of aliphatic hydroxyl groups excluding tert-OH is 1. The Hall–Kier alpha value is -3.57. The van der Waals surface area contributed by atoms with E-state index in [4.69, 9.17) is 9.31 Å². The van der Waals surface area contributed by atoms with Gasteiger partial charge in [0, 0.05) is 17.8 Å². The Bertz CT molecular complexity index is 1210. The first kappa shape index (κ1) is 29.4. The highest BCUT2D eigenvalue weighted by atomic mass is 16.6. The number of nitrogens with zero attached hydrogens (tertiary/aromatic N) is 2. The number of aliphatic hydroxyl groups is 1. The first-order chi connectivity index (χ1) is 19.0. The van der Waals surface area contributed by atoms with Crippen LogP contribution in [0.2, 0.25) is 5.82 Å². The van der Waals surface area contributed by atoms with Gasteiger partial charge in [0.15, 0.2) is 5.78 Å². The highest BCUT2D eigenvalue weighted by Crippen LogP contribution is 2.33. The van der Waals surface area contributed by atoms with Gasteiger partial charge in [0.1, 0.15) is 23.8 Å². The Morgan fingerprint density at radius 2 is 1.65 bits per heavy atom. The fraction of sp³-hybridized carbons (Fsp3) is 0.483. The fourth-order valence-corrected chi connectivity index (χ4v) is 5.41. The minimum absolute atomic E-state index is 0.0876. The molecule has 1 amide bonds. The second-order valence-corrected chi connectivity index (χ2v) is 11.0. The SMILES string of the molecule is CC(C)C[C@H](CC(=O)[C@@H](NC(=O)c1cccc(-c2ccccc2)n1)[C@@H](C)O)B1OC(=O)[C@H]2CC[C@H](C(=O)O1)N2C. The van der Waals surface area contributed by atoms with Crippen molar-refractivity contribution in [1.82, 2.24) is 15.2 Å². The van der Waals surface area contributed by atoms with Gasteiger partial charge in [-0.2, -0.15) is 0 Å². The Kier molecular flexibility index (Phi) is 9.37. The van der Waals surface area contributed by atoms with Gasteiger partial charge in [-0.25, -0.2) is 4.98 Å². The summed E-state index contributed by atoms with van der Waals surface area (Å²) in [6.45, 7) is 5.30. The summed E-state index contributed by atoms with van der Waals surface area (Å²) >= 11 is 0. The number of nitrogens with one attached hydrogen (secondary N) is 1. The summed E-state index contributed by atoms with van der Waals surface area (Å²) in [6.07, 6.45) is 0.0159. The molecule has 0 radical (unpaired) electrons. The van der Waals surface area contributed by atoms with Crippen LogP contribution in [-0.4, -0.2) is 77.0 Å². The number of amides is 1. The molecule has 0 aliphatic carbocycles. The molecule has 2 saturated heterocycles. The maximum atomic E-state index is 13.5. The maximum Gasteiger partial charge on any atom is 0.602 e. The van der Waals surface area contributed by atoms with Gasteiger partial charge in [0.05, 0.1) is 11.8 Å². The van der Waals surface area contributed by atoms with Crippen molar-refractivity contribution in [2.75, 3.05) is 7.05 Å². The third kappa shape index (κ3) is 6.76. The van der Waals surface area contributed by atoms with Gasteiger partial charge < -0.3 is 19.7 Å². The van der Waals surface area contributed by atoms with Crippen LogP contribution in [0, 0.1) is 5.92 Å². The van der Waals surface area contributed by atoms with E-state index in [1.54, 1.807) is 24.1 Å². The molecule has 0 unspecified atom stereocenters. The summed E-state index contributed by atoms with van der Waals surface area (Å²) in [4.78, 5) is 58.4. The summed E-state index contributed by atoms with van der Waals surface area (Å²) in [5.74, 6) is -2.63. The minimum Gasteiger partial charge on any atom is -0.498 e. The van der Waals surface area contributed by atoms with Gasteiger partial charge in [-0.3, -0.25) is 24.1 Å². The van der Waals surface area contributed by atoms with Gasteiger partial charge in [-0.15, -0.1) is 0 Å². The van der Waals surface area contributed by atoms with Crippen molar-refractivity contribution in [3.8, 4) is 11.3 Å². The zero-order valence-electron chi connectivity index (χ0n) is 23.3. The van der Waals surface area contributed by atoms with Crippen molar-refractivity contribution in [3.63, 3.8) is 0 Å². The van der Waals surface area contributed by atoms with E-state index < -0.39 is 60.8 Å². The van der Waals surface area contributed by atoms with E-state index >= 15 is 0 Å². The first-order valence-corrected chi connectivity index (χ1v) is 13.7. The van der Waals surface area contributed by atoms with Crippen LogP contribution in [0.5, 0.6) is 0 Å². The molecule has 2 fully saturated rings. The summed E-state index contributed by atoms with van der Waals surface area (Å²) in [6, 6.07) is 12.0. The summed E-state index contributed by atoms with van der Waals surface area (Å²) < 4.78 is 11.3. The Labute approximate surface area is 234 Å². The Morgan fingerprint density at radius 3 is 2.23 bits per heavy atom. The lowest BCUT2D eigenvalue weighted by Crippen LogP contribution is -2.52. The summed E-state index contributed by atoms with van der Waals surface area (Å²) in [7, 11) is 0.457. The fourth-order valence-electron chi connectivity index (χ4n) is 5.41. The molecule has 2 aliphatic rings. The quantitative estimate of drug-likeness (QED) is 0.429. The number of pyridine rings is 1. The largest absolute Gasteiger partial charge is 0.602 e. The number of likely N-dealkylation sites (N-methyl/N-ethyl adjacent to an activating group) is 1. The second kappa shape index (κ2) is 12.7. The lowest BCUT2D eigenvalue weighted by molar-refractivity contribution is -0.151. The van der Waals surface area contributed by atoms with Crippen LogP contribution in [-0.2, 0) is 23.7 Å². The highest BCUT2D eigenvalue weighted by Gasteiger charge is 2.49. The van der Waals surface area contributed by atoms with E-state index in [0.29, 0.717) is 25.0 Å². The molecule has 0 saturated carbocycles. The minimum atomic E-state index is -1.24. The molecule has 10 nitrogen and oxygen atoms in total. The lowest BCUT2D eigenvalue weighted by Gasteiger charge is -2.32. The molecule has 2 bridgehead atoms.